The van der Waals surface area contributed by atoms with E-state index in [1.54, 1.807) is 24.9 Å². The van der Waals surface area contributed by atoms with E-state index in [-0.39, 0.29) is 24.1 Å². The largest absolute Gasteiger partial charge is 0.361 e. The third-order valence-corrected chi connectivity index (χ3v) is 7.27. The highest BCUT2D eigenvalue weighted by Crippen LogP contribution is 2.32. The summed E-state index contributed by atoms with van der Waals surface area (Å²) in [5.74, 6) is -0.240. The third-order valence-electron chi connectivity index (χ3n) is 7.27. The van der Waals surface area contributed by atoms with Crippen LogP contribution in [0, 0.1) is 6.92 Å². The molecule has 0 aliphatic carbocycles. The first-order valence-electron chi connectivity index (χ1n) is 13.8. The standard InChI is InChI=1S/C31H34N6O4/c1-20-16-26(36-41-20)31(40)35-25(18-28(38)37-15-9-14-27(37)23-12-7-4-8-13-23)30(39)33-21(2)29-32-19-24(34-29)17-22-10-5-3-6-11-22/h3-8,10-13,16,19,21,25,27H,9,14-15,17-18H2,1-2H3,(H,32,34)(H,33,39)(H,35,40)/t21-,25?,27+/m0/s1. The normalized spacial score (nSPS) is 16.2. The van der Waals surface area contributed by atoms with E-state index in [0.717, 1.165) is 29.7 Å². The molecule has 0 bridgehead atoms. The molecule has 0 saturated carbocycles. The van der Waals surface area contributed by atoms with Gasteiger partial charge in [-0.05, 0) is 37.8 Å². The monoisotopic (exact) mass is 554 g/mol. The fraction of sp³-hybridized carbons (Fsp3) is 0.323. The zero-order valence-corrected chi connectivity index (χ0v) is 23.2. The van der Waals surface area contributed by atoms with Crippen LogP contribution in [0.25, 0.3) is 0 Å². The molecule has 4 aromatic rings. The van der Waals surface area contributed by atoms with Crippen molar-refractivity contribution in [3.05, 3.63) is 107 Å². The third kappa shape index (κ3) is 6.89. The van der Waals surface area contributed by atoms with Crippen LogP contribution in [-0.2, 0) is 16.0 Å². The molecule has 3 atom stereocenters. The molecule has 1 fully saturated rings. The predicted molar refractivity (Wildman–Crippen MR) is 152 cm³/mol. The highest BCUT2D eigenvalue weighted by atomic mass is 16.5. The number of aryl methyl sites for hydroxylation is 1. The van der Waals surface area contributed by atoms with Crippen LogP contribution in [0.3, 0.4) is 0 Å². The number of nitrogens with one attached hydrogen (secondary N) is 3. The lowest BCUT2D eigenvalue weighted by molar-refractivity contribution is -0.135. The maximum absolute atomic E-state index is 13.5. The van der Waals surface area contributed by atoms with Crippen molar-refractivity contribution in [2.24, 2.45) is 0 Å². The highest BCUT2D eigenvalue weighted by Gasteiger charge is 2.34. The van der Waals surface area contributed by atoms with Crippen molar-refractivity contribution < 1.29 is 18.9 Å². The first-order chi connectivity index (χ1) is 19.9. The van der Waals surface area contributed by atoms with E-state index in [4.69, 9.17) is 4.52 Å². The summed E-state index contributed by atoms with van der Waals surface area (Å²) in [7, 11) is 0. The number of hydrogen-bond donors (Lipinski definition) is 3. The molecule has 3 amide bonds. The molecule has 0 spiro atoms. The lowest BCUT2D eigenvalue weighted by Crippen LogP contribution is -2.50. The first kappa shape index (κ1) is 27.8. The molecule has 1 unspecified atom stereocenters. The van der Waals surface area contributed by atoms with Crippen molar-refractivity contribution in [3.8, 4) is 0 Å². The minimum Gasteiger partial charge on any atom is -0.361 e. The Morgan fingerprint density at radius 3 is 2.51 bits per heavy atom. The lowest BCUT2D eigenvalue weighted by Gasteiger charge is -2.27. The Morgan fingerprint density at radius 1 is 1.07 bits per heavy atom. The molecule has 2 aromatic carbocycles. The van der Waals surface area contributed by atoms with E-state index in [2.05, 4.69) is 25.8 Å². The van der Waals surface area contributed by atoms with Gasteiger partial charge in [-0.2, -0.15) is 0 Å². The molecule has 3 N–H and O–H groups in total. The van der Waals surface area contributed by atoms with Gasteiger partial charge in [0, 0.05) is 30.9 Å². The fourth-order valence-corrected chi connectivity index (χ4v) is 5.18. The molecule has 2 aromatic heterocycles. The summed E-state index contributed by atoms with van der Waals surface area (Å²) in [6, 6.07) is 19.7. The van der Waals surface area contributed by atoms with E-state index in [0.29, 0.717) is 24.6 Å². The maximum atomic E-state index is 13.5. The van der Waals surface area contributed by atoms with Crippen molar-refractivity contribution in [2.45, 2.75) is 57.7 Å². The van der Waals surface area contributed by atoms with Gasteiger partial charge in [0.05, 0.1) is 18.5 Å². The van der Waals surface area contributed by atoms with Gasteiger partial charge in [-0.25, -0.2) is 4.98 Å². The second-order valence-electron chi connectivity index (χ2n) is 10.4. The Kier molecular flexibility index (Phi) is 8.57. The molecule has 3 heterocycles. The van der Waals surface area contributed by atoms with E-state index in [1.807, 2.05) is 60.7 Å². The lowest BCUT2D eigenvalue weighted by atomic mass is 10.0. The van der Waals surface area contributed by atoms with Gasteiger partial charge in [0.25, 0.3) is 5.91 Å². The van der Waals surface area contributed by atoms with Gasteiger partial charge >= 0.3 is 0 Å². The Bertz CT molecular complexity index is 1480. The smallest absolute Gasteiger partial charge is 0.274 e. The van der Waals surface area contributed by atoms with Crippen LogP contribution < -0.4 is 10.6 Å². The Labute approximate surface area is 238 Å². The van der Waals surface area contributed by atoms with Crippen molar-refractivity contribution in [1.82, 2.24) is 30.7 Å². The number of amides is 3. The second kappa shape index (κ2) is 12.6. The summed E-state index contributed by atoms with van der Waals surface area (Å²) >= 11 is 0. The molecular weight excluding hydrogens is 520 g/mol. The number of hydrogen-bond acceptors (Lipinski definition) is 6. The van der Waals surface area contributed by atoms with Gasteiger partial charge < -0.3 is 25.0 Å². The van der Waals surface area contributed by atoms with Gasteiger partial charge in [0.15, 0.2) is 5.69 Å². The number of nitrogens with zero attached hydrogens (tertiary/aromatic N) is 3. The zero-order valence-electron chi connectivity index (χ0n) is 23.2. The van der Waals surface area contributed by atoms with E-state index >= 15 is 0 Å². The number of carbonyl (C=O) groups is 3. The van der Waals surface area contributed by atoms with Gasteiger partial charge in [-0.3, -0.25) is 14.4 Å². The van der Waals surface area contributed by atoms with Crippen molar-refractivity contribution >= 4 is 17.7 Å². The van der Waals surface area contributed by atoms with Crippen LogP contribution in [0.15, 0.2) is 77.4 Å². The van der Waals surface area contributed by atoms with E-state index in [1.165, 1.54) is 6.07 Å². The number of rotatable bonds is 10. The molecule has 41 heavy (non-hydrogen) atoms. The summed E-state index contributed by atoms with van der Waals surface area (Å²) in [4.78, 5) is 49.5. The Balaban J connectivity index is 1.29. The molecule has 0 radical (unpaired) electrons. The Morgan fingerprint density at radius 2 is 1.80 bits per heavy atom. The molecular formula is C31H34N6O4. The minimum atomic E-state index is -1.12. The van der Waals surface area contributed by atoms with Crippen molar-refractivity contribution in [1.29, 1.82) is 0 Å². The summed E-state index contributed by atoms with van der Waals surface area (Å²) in [6.45, 7) is 4.07. The first-order valence-corrected chi connectivity index (χ1v) is 13.8. The zero-order chi connectivity index (χ0) is 28.8. The van der Waals surface area contributed by atoms with Crippen molar-refractivity contribution in [3.63, 3.8) is 0 Å². The quantitative estimate of drug-likeness (QED) is 0.271. The molecule has 212 valence electrons. The summed E-state index contributed by atoms with van der Waals surface area (Å²) in [5.41, 5.74) is 3.15. The number of aromatic amines is 1. The van der Waals surface area contributed by atoms with Gasteiger partial charge in [0.1, 0.15) is 17.6 Å². The highest BCUT2D eigenvalue weighted by molar-refractivity contribution is 5.97. The number of imidazole rings is 1. The molecule has 5 rings (SSSR count). The average Bonchev–Trinajstić information content (AvgIpc) is 3.75. The van der Waals surface area contributed by atoms with Crippen LogP contribution in [0.4, 0.5) is 0 Å². The SMILES string of the molecule is Cc1cc(C(=O)NC(CC(=O)N2CCC[C@@H]2c2ccccc2)C(=O)N[C@@H](C)c2ncc(Cc3ccccc3)[nH]2)no1. The number of carbonyl (C=O) groups excluding carboxylic acids is 3. The van der Waals surface area contributed by atoms with Gasteiger partial charge in [-0.15, -0.1) is 0 Å². The maximum Gasteiger partial charge on any atom is 0.274 e. The van der Waals surface area contributed by atoms with Crippen LogP contribution in [0.2, 0.25) is 0 Å². The molecule has 10 heteroatoms. The topological polar surface area (TPSA) is 133 Å². The van der Waals surface area contributed by atoms with Gasteiger partial charge in [-0.1, -0.05) is 65.8 Å². The van der Waals surface area contributed by atoms with E-state index in [9.17, 15) is 14.4 Å². The van der Waals surface area contributed by atoms with Crippen LogP contribution in [0.5, 0.6) is 0 Å². The predicted octanol–water partition coefficient (Wildman–Crippen LogP) is 4.03. The summed E-state index contributed by atoms with van der Waals surface area (Å²) in [5, 5.41) is 9.36. The van der Waals surface area contributed by atoms with Crippen LogP contribution in [-0.4, -0.2) is 50.3 Å². The van der Waals surface area contributed by atoms with Crippen LogP contribution >= 0.6 is 0 Å². The van der Waals surface area contributed by atoms with Gasteiger partial charge in [0.2, 0.25) is 11.8 Å². The van der Waals surface area contributed by atoms with Crippen LogP contribution in [0.1, 0.15) is 77.2 Å². The summed E-state index contributed by atoms with van der Waals surface area (Å²) < 4.78 is 5.02. The summed E-state index contributed by atoms with van der Waals surface area (Å²) in [6.07, 6.45) is 3.95. The molecule has 1 saturated heterocycles. The number of benzene rings is 2. The minimum absolute atomic E-state index is 0.0423. The number of aromatic nitrogens is 3. The molecule has 1 aliphatic heterocycles. The second-order valence-corrected chi connectivity index (χ2v) is 10.4. The number of likely N-dealkylation sites (tertiary alicyclic amines) is 1. The average molecular weight is 555 g/mol. The van der Waals surface area contributed by atoms with Crippen molar-refractivity contribution in [2.75, 3.05) is 6.54 Å². The van der Waals surface area contributed by atoms with E-state index < -0.39 is 23.9 Å². The molecule has 1 aliphatic rings. The fourth-order valence-electron chi connectivity index (χ4n) is 5.18. The molecule has 10 nitrogen and oxygen atoms in total. The number of H-pyrrole nitrogens is 1. The Hall–Kier alpha value is -4.73.